The lowest BCUT2D eigenvalue weighted by Crippen LogP contribution is -2.32. The number of H-pyrrole nitrogens is 1. The first-order valence-corrected chi connectivity index (χ1v) is 10.9. The van der Waals surface area contributed by atoms with Gasteiger partial charge in [-0.3, -0.25) is 9.69 Å². The number of nitrogens with one attached hydrogen (secondary N) is 1. The third kappa shape index (κ3) is 4.16. The van der Waals surface area contributed by atoms with E-state index < -0.39 is 12.1 Å². The standard InChI is InChI=1S/C22H25N3O4S/c1-3-15-18-20(27)23-17(24-21(18)30-19(15)22(28)29-2)12-25(14-9-10-14)11-16(26)13-7-5-4-6-8-13/h4-8,14,16,26H,3,9-12H2,1-2H3,(H,23,24,27). The number of carbonyl (C=O) groups is 1. The molecule has 0 radical (unpaired) electrons. The molecule has 2 N–H and O–H groups in total. The van der Waals surface area contributed by atoms with Crippen LogP contribution in [0.25, 0.3) is 10.2 Å². The van der Waals surface area contributed by atoms with Gasteiger partial charge >= 0.3 is 5.97 Å². The Morgan fingerprint density at radius 2 is 2.10 bits per heavy atom. The highest BCUT2D eigenvalue weighted by Crippen LogP contribution is 2.31. The number of rotatable bonds is 8. The Kier molecular flexibility index (Phi) is 5.99. The maximum atomic E-state index is 12.8. The summed E-state index contributed by atoms with van der Waals surface area (Å²) in [5, 5.41) is 11.1. The molecule has 1 aromatic carbocycles. The van der Waals surface area contributed by atoms with Crippen LogP contribution in [0.3, 0.4) is 0 Å². The summed E-state index contributed by atoms with van der Waals surface area (Å²) in [6, 6.07) is 9.95. The van der Waals surface area contributed by atoms with Crippen LogP contribution in [0.1, 0.15) is 52.5 Å². The van der Waals surface area contributed by atoms with Gasteiger partial charge < -0.3 is 14.8 Å². The largest absolute Gasteiger partial charge is 0.465 e. The van der Waals surface area contributed by atoms with Gasteiger partial charge in [0.1, 0.15) is 15.5 Å². The number of aliphatic hydroxyl groups is 1. The molecule has 2 heterocycles. The summed E-state index contributed by atoms with van der Waals surface area (Å²) in [6.45, 7) is 2.81. The summed E-state index contributed by atoms with van der Waals surface area (Å²) in [6.07, 6.45) is 2.08. The second-order valence-electron chi connectivity index (χ2n) is 7.53. The minimum absolute atomic E-state index is 0.238. The zero-order chi connectivity index (χ0) is 21.3. The maximum absolute atomic E-state index is 12.8. The highest BCUT2D eigenvalue weighted by molar-refractivity contribution is 7.20. The molecule has 30 heavy (non-hydrogen) atoms. The van der Waals surface area contributed by atoms with Crippen LogP contribution in [0.2, 0.25) is 0 Å². The number of aliphatic hydroxyl groups excluding tert-OH is 1. The van der Waals surface area contributed by atoms with E-state index >= 15 is 0 Å². The third-order valence-corrected chi connectivity index (χ3v) is 6.55. The van der Waals surface area contributed by atoms with E-state index in [9.17, 15) is 14.7 Å². The van der Waals surface area contributed by atoms with Crippen molar-refractivity contribution >= 4 is 27.5 Å². The fraction of sp³-hybridized carbons (Fsp3) is 0.409. The number of thiophene rings is 1. The number of methoxy groups -OCH3 is 1. The number of aryl methyl sites for hydroxylation is 1. The fourth-order valence-corrected chi connectivity index (χ4v) is 4.96. The van der Waals surface area contributed by atoms with Gasteiger partial charge in [0.2, 0.25) is 0 Å². The molecule has 0 aliphatic heterocycles. The van der Waals surface area contributed by atoms with Gasteiger partial charge in [0.05, 0.1) is 25.1 Å². The minimum Gasteiger partial charge on any atom is -0.465 e. The molecule has 0 spiro atoms. The summed E-state index contributed by atoms with van der Waals surface area (Å²) in [5.41, 5.74) is 1.31. The second-order valence-corrected chi connectivity index (χ2v) is 8.53. The van der Waals surface area contributed by atoms with Crippen molar-refractivity contribution < 1.29 is 14.6 Å². The van der Waals surface area contributed by atoms with Gasteiger partial charge in [0, 0.05) is 12.6 Å². The van der Waals surface area contributed by atoms with Crippen LogP contribution >= 0.6 is 11.3 Å². The van der Waals surface area contributed by atoms with Gasteiger partial charge in [-0.2, -0.15) is 0 Å². The van der Waals surface area contributed by atoms with E-state index in [1.807, 2.05) is 37.3 Å². The van der Waals surface area contributed by atoms with Crippen LogP contribution in [0.4, 0.5) is 0 Å². The topological polar surface area (TPSA) is 95.5 Å². The van der Waals surface area contributed by atoms with Crippen molar-refractivity contribution in [1.29, 1.82) is 0 Å². The second kappa shape index (κ2) is 8.67. The Morgan fingerprint density at radius 1 is 1.37 bits per heavy atom. The van der Waals surface area contributed by atoms with Crippen molar-refractivity contribution in [3.63, 3.8) is 0 Å². The number of fused-ring (bicyclic) bond motifs is 1. The molecule has 1 atom stereocenters. The summed E-state index contributed by atoms with van der Waals surface area (Å²) >= 11 is 1.20. The van der Waals surface area contributed by atoms with Gasteiger partial charge in [-0.25, -0.2) is 9.78 Å². The molecule has 1 saturated carbocycles. The molecule has 1 aliphatic rings. The average Bonchev–Trinajstić information content (AvgIpc) is 3.53. The first-order chi connectivity index (χ1) is 14.5. The van der Waals surface area contributed by atoms with E-state index in [0.29, 0.717) is 52.0 Å². The number of benzene rings is 1. The molecule has 1 fully saturated rings. The van der Waals surface area contributed by atoms with Gasteiger partial charge in [-0.1, -0.05) is 37.3 Å². The Morgan fingerprint density at radius 3 is 2.73 bits per heavy atom. The number of hydrogen-bond donors (Lipinski definition) is 2. The zero-order valence-corrected chi connectivity index (χ0v) is 17.9. The summed E-state index contributed by atoms with van der Waals surface area (Å²) in [7, 11) is 1.33. The Labute approximate surface area is 178 Å². The number of hydrogen-bond acceptors (Lipinski definition) is 7. The predicted molar refractivity (Wildman–Crippen MR) is 116 cm³/mol. The molecular formula is C22H25N3O4S. The summed E-state index contributed by atoms with van der Waals surface area (Å²) in [4.78, 5) is 35.6. The normalized spacial score (nSPS) is 14.9. The molecule has 7 nitrogen and oxygen atoms in total. The highest BCUT2D eigenvalue weighted by Gasteiger charge is 2.31. The van der Waals surface area contributed by atoms with E-state index in [-0.39, 0.29) is 5.56 Å². The molecule has 3 aromatic rings. The van der Waals surface area contributed by atoms with Crippen molar-refractivity contribution in [2.24, 2.45) is 0 Å². The van der Waals surface area contributed by atoms with Gasteiger partial charge in [-0.15, -0.1) is 11.3 Å². The number of aromatic nitrogens is 2. The number of ether oxygens (including phenoxy) is 1. The zero-order valence-electron chi connectivity index (χ0n) is 17.1. The van der Waals surface area contributed by atoms with E-state index in [1.54, 1.807) is 0 Å². The predicted octanol–water partition coefficient (Wildman–Crippen LogP) is 3.03. The van der Waals surface area contributed by atoms with Crippen molar-refractivity contribution in [2.75, 3.05) is 13.7 Å². The van der Waals surface area contributed by atoms with E-state index in [2.05, 4.69) is 14.9 Å². The first-order valence-electron chi connectivity index (χ1n) is 10.1. The van der Waals surface area contributed by atoms with Crippen LogP contribution < -0.4 is 5.56 Å². The quantitative estimate of drug-likeness (QED) is 0.537. The number of nitrogens with zero attached hydrogens (tertiary/aromatic N) is 2. The fourth-order valence-electron chi connectivity index (χ4n) is 3.76. The average molecular weight is 428 g/mol. The third-order valence-electron chi connectivity index (χ3n) is 5.44. The lowest BCUT2D eigenvalue weighted by Gasteiger charge is -2.24. The molecule has 0 saturated heterocycles. The lowest BCUT2D eigenvalue weighted by atomic mass is 10.1. The molecule has 0 amide bonds. The van der Waals surface area contributed by atoms with Crippen LogP contribution in [0, 0.1) is 0 Å². The molecule has 1 unspecified atom stereocenters. The number of carbonyl (C=O) groups excluding carboxylic acids is 1. The van der Waals surface area contributed by atoms with Crippen LogP contribution in [0.15, 0.2) is 35.1 Å². The van der Waals surface area contributed by atoms with Gasteiger partial charge in [0.25, 0.3) is 5.56 Å². The summed E-state index contributed by atoms with van der Waals surface area (Å²) in [5.74, 6) is 0.0985. The SMILES string of the molecule is CCc1c(C(=O)OC)sc2nc(CN(CC(O)c3ccccc3)C3CC3)[nH]c(=O)c12. The van der Waals surface area contributed by atoms with Crippen LogP contribution in [-0.2, 0) is 17.7 Å². The van der Waals surface area contributed by atoms with Crippen LogP contribution in [-0.4, -0.2) is 45.6 Å². The van der Waals surface area contributed by atoms with Crippen molar-refractivity contribution in [3.8, 4) is 0 Å². The minimum atomic E-state index is -0.610. The Hall–Kier alpha value is -2.55. The summed E-state index contributed by atoms with van der Waals surface area (Å²) < 4.78 is 4.86. The highest BCUT2D eigenvalue weighted by atomic mass is 32.1. The number of aromatic amines is 1. The molecule has 8 heteroatoms. The Bertz CT molecular complexity index is 1100. The molecule has 0 bridgehead atoms. The molecule has 2 aromatic heterocycles. The van der Waals surface area contributed by atoms with Gasteiger partial charge in [-0.05, 0) is 30.4 Å². The van der Waals surface area contributed by atoms with E-state index in [1.165, 1.54) is 18.4 Å². The van der Waals surface area contributed by atoms with Crippen LogP contribution in [0.5, 0.6) is 0 Å². The smallest absolute Gasteiger partial charge is 0.348 e. The van der Waals surface area contributed by atoms with Crippen molar-refractivity contribution in [1.82, 2.24) is 14.9 Å². The number of esters is 1. The van der Waals surface area contributed by atoms with Crippen molar-refractivity contribution in [2.45, 2.75) is 44.9 Å². The first kappa shape index (κ1) is 20.7. The van der Waals surface area contributed by atoms with Crippen molar-refractivity contribution in [3.05, 3.63) is 62.5 Å². The molecule has 158 valence electrons. The maximum Gasteiger partial charge on any atom is 0.348 e. The molecule has 1 aliphatic carbocycles. The lowest BCUT2D eigenvalue weighted by molar-refractivity contribution is 0.0605. The Balaban J connectivity index is 1.62. The monoisotopic (exact) mass is 427 g/mol. The molecule has 4 rings (SSSR count). The van der Waals surface area contributed by atoms with Gasteiger partial charge in [0.15, 0.2) is 0 Å². The van der Waals surface area contributed by atoms with E-state index in [4.69, 9.17) is 4.74 Å². The molecular weight excluding hydrogens is 402 g/mol. The van der Waals surface area contributed by atoms with E-state index in [0.717, 1.165) is 18.4 Å².